The highest BCUT2D eigenvalue weighted by atomic mass is 16.5. The van der Waals surface area contributed by atoms with Crippen molar-refractivity contribution in [2.24, 2.45) is 0 Å². The fourth-order valence-electron chi connectivity index (χ4n) is 2.43. The van der Waals surface area contributed by atoms with Crippen LogP contribution in [0.5, 0.6) is 17.2 Å². The molecule has 0 heterocycles. The van der Waals surface area contributed by atoms with Gasteiger partial charge in [-0.15, -0.1) is 0 Å². The molecule has 1 N–H and O–H groups in total. The van der Waals surface area contributed by atoms with Gasteiger partial charge in [-0.3, -0.25) is 4.79 Å². The summed E-state index contributed by atoms with van der Waals surface area (Å²) < 4.78 is 16.1. The molecule has 0 atom stereocenters. The zero-order valence-corrected chi connectivity index (χ0v) is 16.1. The summed E-state index contributed by atoms with van der Waals surface area (Å²) in [6, 6.07) is 13.1. The molecule has 0 bridgehead atoms. The van der Waals surface area contributed by atoms with Crippen molar-refractivity contribution in [3.8, 4) is 17.2 Å². The first kappa shape index (κ1) is 19.6. The maximum absolute atomic E-state index is 12.3. The van der Waals surface area contributed by atoms with Gasteiger partial charge in [-0.1, -0.05) is 32.9 Å². The Labute approximate surface area is 155 Å². The first-order valence-electron chi connectivity index (χ1n) is 8.58. The molecule has 0 aromatic heterocycles. The number of hydrogen-bond donors (Lipinski definition) is 1. The number of rotatable bonds is 7. The summed E-state index contributed by atoms with van der Waals surface area (Å²) in [4.78, 5) is 12.3. The van der Waals surface area contributed by atoms with E-state index in [1.165, 1.54) is 5.56 Å². The molecule has 0 aliphatic rings. The molecule has 0 saturated heterocycles. The van der Waals surface area contributed by atoms with E-state index in [9.17, 15) is 4.79 Å². The Morgan fingerprint density at radius 1 is 0.962 bits per heavy atom. The van der Waals surface area contributed by atoms with E-state index in [1.807, 2.05) is 18.2 Å². The summed E-state index contributed by atoms with van der Waals surface area (Å²) in [5.74, 6) is 1.75. The van der Waals surface area contributed by atoms with Crippen LogP contribution in [0, 0.1) is 0 Å². The minimum atomic E-state index is -0.200. The van der Waals surface area contributed by atoms with Gasteiger partial charge in [0.15, 0.2) is 0 Å². The fourth-order valence-corrected chi connectivity index (χ4v) is 2.43. The zero-order chi connectivity index (χ0) is 19.2. The Morgan fingerprint density at radius 3 is 2.19 bits per heavy atom. The predicted octanol–water partition coefficient (Wildman–Crippen LogP) is 3.81. The van der Waals surface area contributed by atoms with Crippen molar-refractivity contribution in [2.75, 3.05) is 27.4 Å². The van der Waals surface area contributed by atoms with Gasteiger partial charge in [0, 0.05) is 11.6 Å². The zero-order valence-electron chi connectivity index (χ0n) is 16.1. The Morgan fingerprint density at radius 2 is 1.62 bits per heavy atom. The molecular weight excluding hydrogens is 330 g/mol. The van der Waals surface area contributed by atoms with Crippen LogP contribution in [0.25, 0.3) is 0 Å². The minimum Gasteiger partial charge on any atom is -0.497 e. The highest BCUT2D eigenvalue weighted by Crippen LogP contribution is 2.25. The average Bonchev–Trinajstić information content (AvgIpc) is 2.64. The maximum atomic E-state index is 12.3. The van der Waals surface area contributed by atoms with Crippen LogP contribution in [-0.4, -0.2) is 33.3 Å². The second kappa shape index (κ2) is 8.61. The lowest BCUT2D eigenvalue weighted by Crippen LogP contribution is -2.28. The normalized spacial score (nSPS) is 11.0. The van der Waals surface area contributed by atoms with Gasteiger partial charge in [-0.05, 0) is 35.2 Å². The SMILES string of the molecule is COc1cc(OC)cc(C(=O)NCCOc2cccc(C(C)(C)C)c2)c1. The molecule has 0 fully saturated rings. The molecule has 0 radical (unpaired) electrons. The van der Waals surface area contributed by atoms with Gasteiger partial charge < -0.3 is 19.5 Å². The molecule has 26 heavy (non-hydrogen) atoms. The number of ether oxygens (including phenoxy) is 3. The van der Waals surface area contributed by atoms with Crippen LogP contribution < -0.4 is 19.5 Å². The molecule has 5 heteroatoms. The van der Waals surface area contributed by atoms with E-state index in [0.717, 1.165) is 5.75 Å². The number of methoxy groups -OCH3 is 2. The number of carbonyl (C=O) groups is 1. The smallest absolute Gasteiger partial charge is 0.251 e. The highest BCUT2D eigenvalue weighted by Gasteiger charge is 2.14. The summed E-state index contributed by atoms with van der Waals surface area (Å²) in [7, 11) is 3.10. The molecule has 2 aromatic carbocycles. The van der Waals surface area contributed by atoms with Gasteiger partial charge >= 0.3 is 0 Å². The summed E-state index contributed by atoms with van der Waals surface area (Å²) in [6.07, 6.45) is 0. The summed E-state index contributed by atoms with van der Waals surface area (Å²) in [5, 5.41) is 2.84. The van der Waals surface area contributed by atoms with Gasteiger partial charge in [-0.2, -0.15) is 0 Å². The van der Waals surface area contributed by atoms with Crippen LogP contribution in [0.15, 0.2) is 42.5 Å². The van der Waals surface area contributed by atoms with Crippen LogP contribution in [0.2, 0.25) is 0 Å². The maximum Gasteiger partial charge on any atom is 0.251 e. The Balaban J connectivity index is 1.89. The molecule has 1 amide bonds. The molecule has 0 saturated carbocycles. The van der Waals surface area contributed by atoms with E-state index in [-0.39, 0.29) is 11.3 Å². The molecule has 0 aliphatic heterocycles. The second-order valence-electron chi connectivity index (χ2n) is 6.98. The predicted molar refractivity (Wildman–Crippen MR) is 103 cm³/mol. The summed E-state index contributed by atoms with van der Waals surface area (Å²) in [5.41, 5.74) is 1.76. The molecule has 0 aliphatic carbocycles. The van der Waals surface area contributed by atoms with E-state index in [0.29, 0.717) is 30.2 Å². The van der Waals surface area contributed by atoms with Crippen LogP contribution in [0.3, 0.4) is 0 Å². The number of nitrogens with one attached hydrogen (secondary N) is 1. The van der Waals surface area contributed by atoms with Crippen molar-refractivity contribution < 1.29 is 19.0 Å². The average molecular weight is 357 g/mol. The monoisotopic (exact) mass is 357 g/mol. The third-order valence-electron chi connectivity index (χ3n) is 3.97. The van der Waals surface area contributed by atoms with Gasteiger partial charge in [-0.25, -0.2) is 0 Å². The summed E-state index contributed by atoms with van der Waals surface area (Å²) >= 11 is 0. The van der Waals surface area contributed by atoms with Crippen molar-refractivity contribution in [1.82, 2.24) is 5.32 Å². The Hall–Kier alpha value is -2.69. The quantitative estimate of drug-likeness (QED) is 0.766. The van der Waals surface area contributed by atoms with Crippen LogP contribution in [0.4, 0.5) is 0 Å². The van der Waals surface area contributed by atoms with Crippen LogP contribution in [0.1, 0.15) is 36.7 Å². The number of hydrogen-bond acceptors (Lipinski definition) is 4. The molecule has 140 valence electrons. The molecule has 0 unspecified atom stereocenters. The summed E-state index contributed by atoms with van der Waals surface area (Å²) in [6.45, 7) is 7.27. The Bertz CT molecular complexity index is 728. The molecule has 2 aromatic rings. The molecular formula is C21H27NO4. The van der Waals surface area contributed by atoms with Crippen molar-refractivity contribution in [3.63, 3.8) is 0 Å². The standard InChI is InChI=1S/C21H27NO4/c1-21(2,3)16-7-6-8-17(13-16)26-10-9-22-20(23)15-11-18(24-4)14-19(12-15)25-5/h6-8,11-14H,9-10H2,1-5H3,(H,22,23). The third-order valence-corrected chi connectivity index (χ3v) is 3.97. The van der Waals surface area contributed by atoms with Gasteiger partial charge in [0.25, 0.3) is 5.91 Å². The highest BCUT2D eigenvalue weighted by molar-refractivity contribution is 5.95. The van der Waals surface area contributed by atoms with Crippen molar-refractivity contribution in [1.29, 1.82) is 0 Å². The molecule has 0 spiro atoms. The molecule has 2 rings (SSSR count). The van der Waals surface area contributed by atoms with E-state index in [1.54, 1.807) is 32.4 Å². The minimum absolute atomic E-state index is 0.0685. The third kappa shape index (κ3) is 5.41. The van der Waals surface area contributed by atoms with Crippen molar-refractivity contribution >= 4 is 5.91 Å². The lowest BCUT2D eigenvalue weighted by molar-refractivity contribution is 0.0946. The fraction of sp³-hybridized carbons (Fsp3) is 0.381. The van der Waals surface area contributed by atoms with Crippen molar-refractivity contribution in [2.45, 2.75) is 26.2 Å². The van der Waals surface area contributed by atoms with E-state index in [2.05, 4.69) is 32.2 Å². The van der Waals surface area contributed by atoms with Crippen LogP contribution >= 0.6 is 0 Å². The van der Waals surface area contributed by atoms with Gasteiger partial charge in [0.05, 0.1) is 20.8 Å². The first-order chi connectivity index (χ1) is 12.3. The number of amides is 1. The topological polar surface area (TPSA) is 56.8 Å². The Kier molecular flexibility index (Phi) is 6.50. The number of carbonyl (C=O) groups excluding carboxylic acids is 1. The van der Waals surface area contributed by atoms with Gasteiger partial charge in [0.2, 0.25) is 0 Å². The van der Waals surface area contributed by atoms with Crippen molar-refractivity contribution in [3.05, 3.63) is 53.6 Å². The van der Waals surface area contributed by atoms with E-state index >= 15 is 0 Å². The number of benzene rings is 2. The van der Waals surface area contributed by atoms with Crippen LogP contribution in [-0.2, 0) is 5.41 Å². The molecule has 5 nitrogen and oxygen atoms in total. The first-order valence-corrected chi connectivity index (χ1v) is 8.58. The van der Waals surface area contributed by atoms with E-state index < -0.39 is 0 Å². The van der Waals surface area contributed by atoms with Gasteiger partial charge in [0.1, 0.15) is 23.9 Å². The largest absolute Gasteiger partial charge is 0.497 e. The van der Waals surface area contributed by atoms with E-state index in [4.69, 9.17) is 14.2 Å². The lowest BCUT2D eigenvalue weighted by atomic mass is 9.87. The lowest BCUT2D eigenvalue weighted by Gasteiger charge is -2.19. The second-order valence-corrected chi connectivity index (χ2v) is 6.98.